The molecule has 0 saturated carbocycles. The average molecular weight is 405 g/mol. The van der Waals surface area contributed by atoms with Crippen molar-refractivity contribution in [2.45, 2.75) is 50.1 Å². The number of nitrogens with zero attached hydrogens (tertiary/aromatic N) is 1. The van der Waals surface area contributed by atoms with Crippen molar-refractivity contribution in [2.24, 2.45) is 5.92 Å². The van der Waals surface area contributed by atoms with Crippen molar-refractivity contribution in [3.8, 4) is 0 Å². The van der Waals surface area contributed by atoms with Crippen LogP contribution in [0.4, 0.5) is 5.69 Å². The van der Waals surface area contributed by atoms with E-state index in [0.29, 0.717) is 31.0 Å². The van der Waals surface area contributed by atoms with E-state index in [1.54, 1.807) is 0 Å². The second-order valence-corrected chi connectivity index (χ2v) is 8.99. The number of ether oxygens (including phenoxy) is 1. The highest BCUT2D eigenvalue weighted by molar-refractivity contribution is 5.92. The van der Waals surface area contributed by atoms with Crippen LogP contribution in [0.1, 0.15) is 41.9 Å². The second kappa shape index (κ2) is 7.88. The number of amides is 1. The van der Waals surface area contributed by atoms with E-state index in [1.807, 2.05) is 36.4 Å². The molecule has 6 aliphatic rings. The first-order chi connectivity index (χ1) is 14.6. The fourth-order valence-electron chi connectivity index (χ4n) is 5.57. The van der Waals surface area contributed by atoms with Crippen molar-refractivity contribution in [3.63, 3.8) is 0 Å². The Morgan fingerprint density at radius 2 is 1.63 bits per heavy atom. The zero-order valence-corrected chi connectivity index (χ0v) is 17.3. The zero-order valence-electron chi connectivity index (χ0n) is 17.3. The number of hydrogen-bond donors (Lipinski definition) is 1. The van der Waals surface area contributed by atoms with Gasteiger partial charge in [-0.1, -0.05) is 36.4 Å². The van der Waals surface area contributed by atoms with Crippen molar-refractivity contribution >= 4 is 17.6 Å². The molecule has 2 aromatic carbocycles. The predicted molar refractivity (Wildman–Crippen MR) is 115 cm³/mol. The van der Waals surface area contributed by atoms with Gasteiger partial charge in [-0.3, -0.25) is 9.59 Å². The molecule has 30 heavy (non-hydrogen) atoms. The number of anilines is 1. The van der Waals surface area contributed by atoms with E-state index in [1.165, 1.54) is 12.0 Å². The molecule has 5 heteroatoms. The molecule has 0 spiro atoms. The minimum atomic E-state index is -0.179. The topological polar surface area (TPSA) is 58.6 Å². The molecule has 6 aliphatic heterocycles. The Morgan fingerprint density at radius 3 is 2.37 bits per heavy atom. The summed E-state index contributed by atoms with van der Waals surface area (Å²) >= 11 is 0. The van der Waals surface area contributed by atoms with Gasteiger partial charge in [0.25, 0.3) is 0 Å². The maximum Gasteiger partial charge on any atom is 0.310 e. The van der Waals surface area contributed by atoms with Crippen LogP contribution in [0.25, 0.3) is 0 Å². The summed E-state index contributed by atoms with van der Waals surface area (Å²) in [6.07, 6.45) is 4.04. The molecule has 2 fully saturated rings. The second-order valence-electron chi connectivity index (χ2n) is 8.99. The lowest BCUT2D eigenvalue weighted by Gasteiger charge is -2.43. The molecule has 0 aliphatic carbocycles. The summed E-state index contributed by atoms with van der Waals surface area (Å²) in [5.74, 6) is 0.443. The van der Waals surface area contributed by atoms with Crippen molar-refractivity contribution in [2.75, 3.05) is 19.0 Å². The van der Waals surface area contributed by atoms with E-state index in [9.17, 15) is 9.59 Å². The average Bonchev–Trinajstić information content (AvgIpc) is 2.97. The Kier molecular flexibility index (Phi) is 5.07. The van der Waals surface area contributed by atoms with Gasteiger partial charge < -0.3 is 15.0 Å². The molecule has 0 aromatic heterocycles. The van der Waals surface area contributed by atoms with Crippen LogP contribution in [0.5, 0.6) is 0 Å². The van der Waals surface area contributed by atoms with Crippen molar-refractivity contribution in [3.05, 3.63) is 65.2 Å². The van der Waals surface area contributed by atoms with Gasteiger partial charge in [0.05, 0.1) is 19.4 Å². The minimum Gasteiger partial charge on any atom is -0.465 e. The Bertz CT molecular complexity index is 938. The highest BCUT2D eigenvalue weighted by Crippen LogP contribution is 2.46. The molecule has 156 valence electrons. The van der Waals surface area contributed by atoms with Gasteiger partial charge in [0, 0.05) is 23.7 Å². The van der Waals surface area contributed by atoms with Gasteiger partial charge in [-0.05, 0) is 61.1 Å². The molecule has 0 radical (unpaired) electrons. The summed E-state index contributed by atoms with van der Waals surface area (Å²) in [7, 11) is 2.21. The molecule has 1 amide bonds. The summed E-state index contributed by atoms with van der Waals surface area (Å²) in [4.78, 5) is 27.5. The van der Waals surface area contributed by atoms with E-state index in [2.05, 4.69) is 29.4 Å². The van der Waals surface area contributed by atoms with Crippen LogP contribution < -0.4 is 5.32 Å². The molecule has 1 N–H and O–H groups in total. The maximum atomic E-state index is 12.6. The van der Waals surface area contributed by atoms with E-state index in [4.69, 9.17) is 4.74 Å². The first-order valence-electron chi connectivity index (χ1n) is 10.9. The number of benzene rings is 2. The maximum absolute atomic E-state index is 12.6. The Labute approximate surface area is 177 Å². The van der Waals surface area contributed by atoms with Crippen LogP contribution in [0, 0.1) is 5.92 Å². The number of nitrogens with one attached hydrogen (secondary N) is 1. The zero-order chi connectivity index (χ0) is 20.7. The van der Waals surface area contributed by atoms with E-state index in [0.717, 1.165) is 29.7 Å². The third-order valence-corrected chi connectivity index (χ3v) is 7.23. The Hall–Kier alpha value is -2.66. The fourth-order valence-corrected chi connectivity index (χ4v) is 5.57. The third kappa shape index (κ3) is 3.74. The molecule has 0 unspecified atom stereocenters. The Balaban J connectivity index is 1.47. The molecule has 2 aromatic rings. The largest absolute Gasteiger partial charge is 0.465 e. The van der Waals surface area contributed by atoms with Crippen molar-refractivity contribution in [1.82, 2.24) is 4.90 Å². The lowest BCUT2D eigenvalue weighted by molar-refractivity contribution is -0.145. The normalized spacial score (nSPS) is 29.2. The number of carbonyl (C=O) groups is 2. The van der Waals surface area contributed by atoms with Gasteiger partial charge in [0.15, 0.2) is 0 Å². The molecule has 6 bridgehead atoms. The smallest absolute Gasteiger partial charge is 0.310 e. The van der Waals surface area contributed by atoms with E-state index < -0.39 is 0 Å². The first kappa shape index (κ1) is 19.3. The first-order valence-corrected chi connectivity index (χ1v) is 10.9. The Morgan fingerprint density at radius 1 is 0.933 bits per heavy atom. The van der Waals surface area contributed by atoms with Gasteiger partial charge >= 0.3 is 5.97 Å². The summed E-state index contributed by atoms with van der Waals surface area (Å²) in [6.45, 7) is 0.460. The van der Waals surface area contributed by atoms with Gasteiger partial charge in [-0.25, -0.2) is 0 Å². The molecule has 8 rings (SSSR count). The summed E-state index contributed by atoms with van der Waals surface area (Å²) in [5.41, 5.74) is 3.94. The SMILES string of the molecule is CN1[C@H]2CC[C@@H]1[C@H]1COC(=O)Cc3ccc(cc3)CC(=O)Nc3ccc(cc3)[C@H]1C2. The molecule has 2 saturated heterocycles. The van der Waals surface area contributed by atoms with Crippen LogP contribution in [0.15, 0.2) is 48.5 Å². The van der Waals surface area contributed by atoms with Crippen molar-refractivity contribution < 1.29 is 14.3 Å². The summed E-state index contributed by atoms with van der Waals surface area (Å²) in [5, 5.41) is 3.00. The number of hydrogen-bond acceptors (Lipinski definition) is 4. The molecular formula is C25H28N2O3. The third-order valence-electron chi connectivity index (χ3n) is 7.23. The minimum absolute atomic E-state index is 0.0329. The molecule has 6 heterocycles. The van der Waals surface area contributed by atoms with Crippen LogP contribution >= 0.6 is 0 Å². The number of carbonyl (C=O) groups excluding carboxylic acids is 2. The fraction of sp³-hybridized carbons (Fsp3) is 0.440. The number of esters is 1. The van der Waals surface area contributed by atoms with Crippen LogP contribution in [0.2, 0.25) is 0 Å². The number of rotatable bonds is 0. The van der Waals surface area contributed by atoms with Gasteiger partial charge in [0.2, 0.25) is 5.91 Å². The highest BCUT2D eigenvalue weighted by Gasteiger charge is 2.46. The lowest BCUT2D eigenvalue weighted by atomic mass is 9.76. The van der Waals surface area contributed by atoms with E-state index in [-0.39, 0.29) is 24.2 Å². The summed E-state index contributed by atoms with van der Waals surface area (Å²) < 4.78 is 5.81. The number of piperidine rings is 1. The van der Waals surface area contributed by atoms with Gasteiger partial charge in [0.1, 0.15) is 0 Å². The van der Waals surface area contributed by atoms with Crippen LogP contribution in [-0.4, -0.2) is 42.5 Å². The quantitative estimate of drug-likeness (QED) is 0.683. The van der Waals surface area contributed by atoms with Crippen LogP contribution in [-0.2, 0) is 27.2 Å². The van der Waals surface area contributed by atoms with Crippen LogP contribution in [0.3, 0.4) is 0 Å². The van der Waals surface area contributed by atoms with Gasteiger partial charge in [-0.2, -0.15) is 0 Å². The standard InChI is InChI=1S/C25H28N2O3/c1-27-20-10-11-23(27)22-15-30-25(29)13-17-4-2-16(3-5-17)12-24(28)26-19-8-6-18(7-9-19)21(22)14-20/h2-9,20-23H,10-15H2,1H3,(H,26,28)/t20-,21+,22-,23+/m0/s1. The molecular weight excluding hydrogens is 376 g/mol. The van der Waals surface area contributed by atoms with Crippen molar-refractivity contribution in [1.29, 1.82) is 0 Å². The van der Waals surface area contributed by atoms with E-state index >= 15 is 0 Å². The summed E-state index contributed by atoms with van der Waals surface area (Å²) in [6, 6.07) is 16.9. The molecule has 5 nitrogen and oxygen atoms in total. The predicted octanol–water partition coefficient (Wildman–Crippen LogP) is 3.53. The number of fused-ring (bicyclic) bond motifs is 2. The van der Waals surface area contributed by atoms with Gasteiger partial charge in [-0.15, -0.1) is 0 Å². The monoisotopic (exact) mass is 404 g/mol. The molecule has 4 atom stereocenters. The highest BCUT2D eigenvalue weighted by atomic mass is 16.5. The lowest BCUT2D eigenvalue weighted by Crippen LogP contribution is -2.47.